The molecule has 4 nitrogen and oxygen atoms in total. The van der Waals surface area contributed by atoms with Crippen LogP contribution in [0.2, 0.25) is 0 Å². The highest BCUT2D eigenvalue weighted by Gasteiger charge is 2.18. The van der Waals surface area contributed by atoms with E-state index in [1.165, 1.54) is 5.56 Å². The molecule has 0 N–H and O–H groups in total. The molecule has 0 fully saturated rings. The van der Waals surface area contributed by atoms with Crippen LogP contribution < -0.4 is 0 Å². The zero-order valence-electron chi connectivity index (χ0n) is 12.9. The van der Waals surface area contributed by atoms with E-state index < -0.39 is 0 Å². The fourth-order valence-corrected chi connectivity index (χ4v) is 2.71. The predicted molar refractivity (Wildman–Crippen MR) is 89.9 cm³/mol. The lowest BCUT2D eigenvalue weighted by Crippen LogP contribution is -1.94. The summed E-state index contributed by atoms with van der Waals surface area (Å²) in [7, 11) is 0. The normalized spacial score (nSPS) is 11.0. The lowest BCUT2D eigenvalue weighted by atomic mass is 10.0. The van der Waals surface area contributed by atoms with Crippen molar-refractivity contribution in [3.05, 3.63) is 65.9 Å². The Bertz CT molecular complexity index is 973. The van der Waals surface area contributed by atoms with E-state index in [2.05, 4.69) is 34.4 Å². The van der Waals surface area contributed by atoms with Crippen molar-refractivity contribution in [2.45, 2.75) is 13.8 Å². The minimum absolute atomic E-state index is 0.747. The third kappa shape index (κ3) is 2.28. The molecular formula is C19H15N3O. The molecule has 0 amide bonds. The Morgan fingerprint density at radius 3 is 2.13 bits per heavy atom. The smallest absolute Gasteiger partial charge is 0.144 e. The Kier molecular flexibility index (Phi) is 3.15. The first-order valence-electron chi connectivity index (χ1n) is 7.49. The van der Waals surface area contributed by atoms with Crippen LogP contribution in [-0.2, 0) is 0 Å². The van der Waals surface area contributed by atoms with Crippen molar-refractivity contribution in [2.24, 2.45) is 0 Å². The van der Waals surface area contributed by atoms with Crippen molar-refractivity contribution in [1.29, 1.82) is 0 Å². The Morgan fingerprint density at radius 2 is 1.39 bits per heavy atom. The highest BCUT2D eigenvalue weighted by molar-refractivity contribution is 6.00. The first-order valence-corrected chi connectivity index (χ1v) is 7.49. The summed E-state index contributed by atoms with van der Waals surface area (Å²) in [6, 6.07) is 18.2. The molecule has 0 saturated carbocycles. The van der Waals surface area contributed by atoms with Crippen molar-refractivity contribution in [3.8, 4) is 22.5 Å². The van der Waals surface area contributed by atoms with E-state index >= 15 is 0 Å². The maximum atomic E-state index is 5.43. The summed E-state index contributed by atoms with van der Waals surface area (Å²) in [5.74, 6) is 0.752. The average Bonchev–Trinajstić information content (AvgIpc) is 2.98. The summed E-state index contributed by atoms with van der Waals surface area (Å²) in [5.41, 5.74) is 5.50. The van der Waals surface area contributed by atoms with Gasteiger partial charge in [-0.25, -0.2) is 0 Å². The lowest BCUT2D eigenvalue weighted by molar-refractivity contribution is 0.405. The highest BCUT2D eigenvalue weighted by atomic mass is 16.5. The third-order valence-corrected chi connectivity index (χ3v) is 3.95. The molecule has 0 atom stereocenters. The number of hydrogen-bond donors (Lipinski definition) is 0. The van der Waals surface area contributed by atoms with E-state index in [4.69, 9.17) is 4.52 Å². The number of fused-ring (bicyclic) bond motifs is 1. The van der Waals surface area contributed by atoms with Gasteiger partial charge >= 0.3 is 0 Å². The van der Waals surface area contributed by atoms with Crippen LogP contribution in [0.25, 0.3) is 33.4 Å². The first kappa shape index (κ1) is 13.6. The molecule has 0 saturated heterocycles. The van der Waals surface area contributed by atoms with Crippen LogP contribution in [0.3, 0.4) is 0 Å². The van der Waals surface area contributed by atoms with E-state index in [1.807, 2.05) is 49.4 Å². The summed E-state index contributed by atoms with van der Waals surface area (Å²) in [4.78, 5) is 0. The van der Waals surface area contributed by atoms with Crippen molar-refractivity contribution < 1.29 is 4.52 Å². The van der Waals surface area contributed by atoms with Gasteiger partial charge in [0, 0.05) is 11.1 Å². The molecule has 4 rings (SSSR count). The Morgan fingerprint density at radius 1 is 0.739 bits per heavy atom. The molecule has 2 aromatic heterocycles. The molecule has 0 radical (unpaired) electrons. The number of nitrogens with zero attached hydrogens (tertiary/aromatic N) is 3. The van der Waals surface area contributed by atoms with E-state index in [0.29, 0.717) is 0 Å². The van der Waals surface area contributed by atoms with E-state index in [1.54, 1.807) is 0 Å². The maximum Gasteiger partial charge on any atom is 0.144 e. The van der Waals surface area contributed by atoms with Gasteiger partial charge in [-0.3, -0.25) is 0 Å². The van der Waals surface area contributed by atoms with E-state index in [-0.39, 0.29) is 0 Å². The molecular weight excluding hydrogens is 286 g/mol. The second-order valence-electron chi connectivity index (χ2n) is 5.59. The van der Waals surface area contributed by atoms with E-state index in [9.17, 15) is 0 Å². The van der Waals surface area contributed by atoms with Gasteiger partial charge < -0.3 is 4.52 Å². The minimum Gasteiger partial charge on any atom is -0.360 e. The van der Waals surface area contributed by atoms with Crippen LogP contribution in [0, 0.1) is 13.8 Å². The fraction of sp³-hybridized carbons (Fsp3) is 0.105. The monoisotopic (exact) mass is 301 g/mol. The van der Waals surface area contributed by atoms with Crippen LogP contribution >= 0.6 is 0 Å². The summed E-state index contributed by atoms with van der Waals surface area (Å²) in [6.45, 7) is 3.96. The van der Waals surface area contributed by atoms with Crippen LogP contribution in [0.15, 0.2) is 59.1 Å². The fourth-order valence-electron chi connectivity index (χ4n) is 2.71. The maximum absolute atomic E-state index is 5.43. The first-order chi connectivity index (χ1) is 11.2. The number of aryl methyl sites for hydroxylation is 2. The number of hydrogen-bond acceptors (Lipinski definition) is 4. The van der Waals surface area contributed by atoms with Gasteiger partial charge in [0.15, 0.2) is 0 Å². The number of benzene rings is 2. The molecule has 0 aliphatic rings. The van der Waals surface area contributed by atoms with Gasteiger partial charge in [-0.05, 0) is 13.8 Å². The van der Waals surface area contributed by atoms with Crippen molar-refractivity contribution in [2.75, 3.05) is 0 Å². The summed E-state index contributed by atoms with van der Waals surface area (Å²) < 4.78 is 5.43. The number of rotatable bonds is 2. The summed E-state index contributed by atoms with van der Waals surface area (Å²) >= 11 is 0. The molecule has 4 aromatic rings. The molecule has 0 aliphatic heterocycles. The molecule has 0 unspecified atom stereocenters. The van der Waals surface area contributed by atoms with Crippen molar-refractivity contribution in [3.63, 3.8) is 0 Å². The van der Waals surface area contributed by atoms with Gasteiger partial charge in [-0.1, -0.05) is 65.3 Å². The zero-order valence-corrected chi connectivity index (χ0v) is 12.9. The van der Waals surface area contributed by atoms with Crippen LogP contribution in [0.5, 0.6) is 0 Å². The second-order valence-corrected chi connectivity index (χ2v) is 5.59. The summed E-state index contributed by atoms with van der Waals surface area (Å²) in [5, 5.41) is 14.0. The van der Waals surface area contributed by atoms with Crippen LogP contribution in [-0.4, -0.2) is 15.4 Å². The Hall–Kier alpha value is -3.01. The van der Waals surface area contributed by atoms with Gasteiger partial charge in [0.1, 0.15) is 22.7 Å². The average molecular weight is 301 g/mol. The van der Waals surface area contributed by atoms with E-state index in [0.717, 1.165) is 39.2 Å². The highest BCUT2D eigenvalue weighted by Crippen LogP contribution is 2.33. The van der Waals surface area contributed by atoms with Gasteiger partial charge in [0.05, 0.1) is 5.39 Å². The largest absolute Gasteiger partial charge is 0.360 e. The standard InChI is InChI=1S/C19H15N3O/c1-12-8-10-15(11-9-12)18-19-16(13(2)23-22-19)17(20-21-18)14-6-4-3-5-7-14/h3-11H,1-2H3. The topological polar surface area (TPSA) is 51.8 Å². The van der Waals surface area contributed by atoms with Gasteiger partial charge in [0.2, 0.25) is 0 Å². The second kappa shape index (κ2) is 5.32. The van der Waals surface area contributed by atoms with Gasteiger partial charge in [0.25, 0.3) is 0 Å². The molecule has 23 heavy (non-hydrogen) atoms. The quantitative estimate of drug-likeness (QED) is 0.544. The number of aromatic nitrogens is 3. The molecule has 112 valence electrons. The Balaban J connectivity index is 1.98. The predicted octanol–water partition coefficient (Wildman–Crippen LogP) is 4.57. The molecule has 0 spiro atoms. The van der Waals surface area contributed by atoms with Gasteiger partial charge in [-0.2, -0.15) is 0 Å². The third-order valence-electron chi connectivity index (χ3n) is 3.95. The molecule has 4 heteroatoms. The van der Waals surface area contributed by atoms with Crippen molar-refractivity contribution in [1.82, 2.24) is 15.4 Å². The van der Waals surface area contributed by atoms with Crippen LogP contribution in [0.1, 0.15) is 11.3 Å². The zero-order chi connectivity index (χ0) is 15.8. The molecule has 0 bridgehead atoms. The van der Waals surface area contributed by atoms with Crippen LogP contribution in [0.4, 0.5) is 0 Å². The summed E-state index contributed by atoms with van der Waals surface area (Å²) in [6.07, 6.45) is 0. The molecule has 2 aromatic carbocycles. The SMILES string of the molecule is Cc1ccc(-c2nnc(-c3ccccc3)c3c(C)onc23)cc1. The molecule has 0 aliphatic carbocycles. The lowest BCUT2D eigenvalue weighted by Gasteiger charge is -2.05. The molecule has 2 heterocycles. The van der Waals surface area contributed by atoms with Crippen molar-refractivity contribution >= 4 is 10.9 Å². The Labute approximate surface area is 133 Å². The van der Waals surface area contributed by atoms with Gasteiger partial charge in [-0.15, -0.1) is 10.2 Å². The minimum atomic E-state index is 0.747.